The number of carbonyl (C=O) groups is 3. The van der Waals surface area contributed by atoms with Gasteiger partial charge in [-0.1, -0.05) is 0 Å². The molecule has 0 bridgehead atoms. The van der Waals surface area contributed by atoms with E-state index < -0.39 is 63.1 Å². The predicted molar refractivity (Wildman–Crippen MR) is 86.6 cm³/mol. The van der Waals surface area contributed by atoms with Crippen LogP contribution in [0.3, 0.4) is 0 Å². The third kappa shape index (κ3) is 6.04. The van der Waals surface area contributed by atoms with Crippen LogP contribution in [-0.2, 0) is 14.3 Å². The number of esters is 2. The molecule has 1 rings (SSSR count). The van der Waals surface area contributed by atoms with E-state index in [0.717, 1.165) is 12.1 Å². The molecule has 27 heavy (non-hydrogen) atoms. The molecule has 14 heteroatoms. The molecule has 0 aliphatic carbocycles. The van der Waals surface area contributed by atoms with Crippen LogP contribution < -0.4 is 11.5 Å². The number of carbonyl (C=O) groups excluding carboxylic acids is 2. The Morgan fingerprint density at radius 3 is 2.22 bits per heavy atom. The molecule has 5 N–H and O–H groups in total. The molecule has 0 aliphatic heterocycles. The number of carboxylic acid groups (broad SMARTS) is 1. The fourth-order valence-corrected chi connectivity index (χ4v) is 1.84. The standard InChI is InChI=1S/C13H13N5O9/c14-13(15)16-7(11(20)21)2-4-10(19)27-12(22)6-1-3-8(17(23)24)9(5-6)18(25)26/h1,3,5,7H,2,4H2,(H,20,21)(H4,14,15,16)/t7-/m0/s1. The lowest BCUT2D eigenvalue weighted by Crippen LogP contribution is -2.29. The maximum atomic E-state index is 11.8. The van der Waals surface area contributed by atoms with Crippen molar-refractivity contribution in [3.8, 4) is 0 Å². The van der Waals surface area contributed by atoms with Gasteiger partial charge in [-0.05, 0) is 12.5 Å². The van der Waals surface area contributed by atoms with Crippen molar-refractivity contribution in [1.29, 1.82) is 0 Å². The summed E-state index contributed by atoms with van der Waals surface area (Å²) in [6.45, 7) is 0. The Hall–Kier alpha value is -4.10. The minimum Gasteiger partial charge on any atom is -0.480 e. The van der Waals surface area contributed by atoms with Gasteiger partial charge in [-0.3, -0.25) is 25.0 Å². The second-order valence-electron chi connectivity index (χ2n) is 4.93. The van der Waals surface area contributed by atoms with Gasteiger partial charge in [0.25, 0.3) is 0 Å². The zero-order valence-electron chi connectivity index (χ0n) is 13.4. The summed E-state index contributed by atoms with van der Waals surface area (Å²) in [4.78, 5) is 57.3. The van der Waals surface area contributed by atoms with Crippen molar-refractivity contribution in [1.82, 2.24) is 0 Å². The van der Waals surface area contributed by atoms with Gasteiger partial charge in [0.15, 0.2) is 12.0 Å². The maximum Gasteiger partial charge on any atom is 0.346 e. The number of carboxylic acids is 1. The van der Waals surface area contributed by atoms with Crippen LogP contribution in [0.4, 0.5) is 11.4 Å². The Kier molecular flexibility index (Phi) is 6.86. The molecule has 0 saturated carbocycles. The molecule has 144 valence electrons. The third-order valence-electron chi connectivity index (χ3n) is 3.02. The number of nitro groups is 2. The molecule has 0 aliphatic rings. The maximum absolute atomic E-state index is 11.8. The average molecular weight is 383 g/mol. The van der Waals surface area contributed by atoms with Gasteiger partial charge in [0.2, 0.25) is 0 Å². The molecule has 0 aromatic heterocycles. The summed E-state index contributed by atoms with van der Waals surface area (Å²) < 4.78 is 4.43. The second kappa shape index (κ2) is 8.84. The summed E-state index contributed by atoms with van der Waals surface area (Å²) in [5, 5.41) is 30.5. The molecular formula is C13H13N5O9. The fourth-order valence-electron chi connectivity index (χ4n) is 1.84. The number of ether oxygens (including phenoxy) is 1. The quantitative estimate of drug-likeness (QED) is 0.131. The third-order valence-corrected chi connectivity index (χ3v) is 3.02. The van der Waals surface area contributed by atoms with Gasteiger partial charge >= 0.3 is 29.3 Å². The molecule has 14 nitrogen and oxygen atoms in total. The fraction of sp³-hybridized carbons (Fsp3) is 0.231. The van der Waals surface area contributed by atoms with Crippen molar-refractivity contribution in [2.24, 2.45) is 16.5 Å². The van der Waals surface area contributed by atoms with E-state index in [9.17, 15) is 34.6 Å². The first-order valence-electron chi connectivity index (χ1n) is 7.02. The van der Waals surface area contributed by atoms with E-state index in [1.165, 1.54) is 0 Å². The van der Waals surface area contributed by atoms with Crippen LogP contribution in [0.2, 0.25) is 0 Å². The molecule has 1 aromatic rings. The average Bonchev–Trinajstić information content (AvgIpc) is 2.57. The summed E-state index contributed by atoms with van der Waals surface area (Å²) in [6.07, 6.45) is -0.922. The largest absolute Gasteiger partial charge is 0.480 e. The molecule has 0 fully saturated rings. The molecule has 1 aromatic carbocycles. The molecule has 0 amide bonds. The monoisotopic (exact) mass is 383 g/mol. The van der Waals surface area contributed by atoms with Crippen LogP contribution in [0.15, 0.2) is 23.2 Å². The van der Waals surface area contributed by atoms with Crippen molar-refractivity contribution in [2.45, 2.75) is 18.9 Å². The van der Waals surface area contributed by atoms with Crippen LogP contribution in [0, 0.1) is 20.2 Å². The van der Waals surface area contributed by atoms with E-state index in [1.54, 1.807) is 0 Å². The highest BCUT2D eigenvalue weighted by molar-refractivity contribution is 5.97. The van der Waals surface area contributed by atoms with Crippen molar-refractivity contribution >= 4 is 35.2 Å². The van der Waals surface area contributed by atoms with Crippen LogP contribution in [0.1, 0.15) is 23.2 Å². The number of nitrogens with zero attached hydrogens (tertiary/aromatic N) is 3. The first-order chi connectivity index (χ1) is 12.5. The van der Waals surface area contributed by atoms with E-state index in [-0.39, 0.29) is 6.42 Å². The number of hydrogen-bond acceptors (Lipinski definition) is 9. The van der Waals surface area contributed by atoms with E-state index in [1.807, 2.05) is 0 Å². The highest BCUT2D eigenvalue weighted by Gasteiger charge is 2.27. The number of benzene rings is 1. The summed E-state index contributed by atoms with van der Waals surface area (Å²) in [7, 11) is 0. The Balaban J connectivity index is 2.84. The minimum absolute atomic E-state index is 0.375. The van der Waals surface area contributed by atoms with Gasteiger partial charge in [0, 0.05) is 18.6 Å². The number of aliphatic imine (C=N–C) groups is 1. The lowest BCUT2D eigenvalue weighted by atomic mass is 10.1. The lowest BCUT2D eigenvalue weighted by molar-refractivity contribution is -0.422. The number of hydrogen-bond donors (Lipinski definition) is 3. The Bertz CT molecular complexity index is 831. The number of rotatable bonds is 8. The van der Waals surface area contributed by atoms with Crippen LogP contribution >= 0.6 is 0 Å². The highest BCUT2D eigenvalue weighted by atomic mass is 16.6. The lowest BCUT2D eigenvalue weighted by Gasteiger charge is -2.07. The number of guanidine groups is 1. The van der Waals surface area contributed by atoms with E-state index >= 15 is 0 Å². The van der Waals surface area contributed by atoms with E-state index in [4.69, 9.17) is 16.6 Å². The van der Waals surface area contributed by atoms with Crippen molar-refractivity contribution < 1.29 is 34.1 Å². The van der Waals surface area contributed by atoms with Gasteiger partial charge < -0.3 is 21.3 Å². The minimum atomic E-state index is -1.43. The van der Waals surface area contributed by atoms with Gasteiger partial charge in [0.1, 0.15) is 0 Å². The van der Waals surface area contributed by atoms with Crippen molar-refractivity contribution in [3.05, 3.63) is 44.0 Å². The molecule has 0 saturated heterocycles. The first-order valence-corrected chi connectivity index (χ1v) is 7.02. The zero-order valence-corrected chi connectivity index (χ0v) is 13.4. The zero-order chi connectivity index (χ0) is 20.7. The summed E-state index contributed by atoms with van der Waals surface area (Å²) in [5.41, 5.74) is 7.84. The molecule has 0 radical (unpaired) electrons. The van der Waals surface area contributed by atoms with Crippen LogP contribution in [0.25, 0.3) is 0 Å². The van der Waals surface area contributed by atoms with Gasteiger partial charge in [-0.25, -0.2) is 14.6 Å². The normalized spacial score (nSPS) is 11.1. The van der Waals surface area contributed by atoms with Crippen molar-refractivity contribution in [3.63, 3.8) is 0 Å². The summed E-state index contributed by atoms with van der Waals surface area (Å²) in [6, 6.07) is 0.754. The Labute approximate surface area is 149 Å². The summed E-state index contributed by atoms with van der Waals surface area (Å²) >= 11 is 0. The second-order valence-corrected chi connectivity index (χ2v) is 4.93. The van der Waals surface area contributed by atoms with Crippen LogP contribution in [0.5, 0.6) is 0 Å². The first kappa shape index (κ1) is 20.9. The molecule has 0 spiro atoms. The number of nitrogens with two attached hydrogens (primary N) is 2. The van der Waals surface area contributed by atoms with Gasteiger partial charge in [-0.15, -0.1) is 0 Å². The number of nitro benzene ring substituents is 2. The van der Waals surface area contributed by atoms with E-state index in [0.29, 0.717) is 6.07 Å². The summed E-state index contributed by atoms with van der Waals surface area (Å²) in [5.74, 6) is -4.36. The van der Waals surface area contributed by atoms with Crippen LogP contribution in [-0.4, -0.2) is 44.9 Å². The Morgan fingerprint density at radius 1 is 1.15 bits per heavy atom. The Morgan fingerprint density at radius 2 is 1.74 bits per heavy atom. The molecule has 1 atom stereocenters. The SMILES string of the molecule is NC(N)=N[C@@H](CCC(=O)OC(=O)c1ccc([N+](=O)[O-])c([N+](=O)[O-])c1)C(=O)O. The van der Waals surface area contributed by atoms with Gasteiger partial charge in [-0.2, -0.15) is 0 Å². The smallest absolute Gasteiger partial charge is 0.346 e. The molecule has 0 heterocycles. The van der Waals surface area contributed by atoms with Gasteiger partial charge in [0.05, 0.1) is 15.4 Å². The van der Waals surface area contributed by atoms with E-state index in [2.05, 4.69) is 9.73 Å². The van der Waals surface area contributed by atoms with Crippen molar-refractivity contribution in [2.75, 3.05) is 0 Å². The number of aliphatic carboxylic acids is 1. The topological polar surface area (TPSA) is 231 Å². The predicted octanol–water partition coefficient (Wildman–Crippen LogP) is -0.307. The molecular weight excluding hydrogens is 370 g/mol. The molecule has 0 unspecified atom stereocenters. The highest BCUT2D eigenvalue weighted by Crippen LogP contribution is 2.27.